The minimum absolute atomic E-state index is 0.0105. The number of aryl methyl sites for hydroxylation is 3. The molecule has 0 aliphatic carbocycles. The summed E-state index contributed by atoms with van der Waals surface area (Å²) in [5.74, 6) is -1.10. The van der Waals surface area contributed by atoms with E-state index in [2.05, 4.69) is 4.74 Å². The fraction of sp³-hybridized carbons (Fsp3) is 0.212. The number of esters is 1. The van der Waals surface area contributed by atoms with Crippen molar-refractivity contribution < 1.29 is 45.2 Å². The number of halogens is 2. The van der Waals surface area contributed by atoms with Gasteiger partial charge in [-0.2, -0.15) is 17.2 Å². The van der Waals surface area contributed by atoms with E-state index in [4.69, 9.17) is 13.7 Å². The van der Waals surface area contributed by atoms with Crippen molar-refractivity contribution in [2.75, 3.05) is 13.7 Å². The molecular weight excluding hydrogens is 608 g/mol. The molecule has 4 rings (SSSR count). The number of Topliss-reactive ketones (excluding diaryl/α,β-unsaturated/α-hetero) is 1. The second-order valence-corrected chi connectivity index (χ2v) is 11.6. The van der Waals surface area contributed by atoms with E-state index in [0.29, 0.717) is 33.8 Å². The van der Waals surface area contributed by atoms with Gasteiger partial charge < -0.3 is 23.0 Å². The standard InChI is InChI=1S/C33H31F2NO8S/c1-20-6-7-21(2)31(16-20)45(39,40)44-29-14-8-24(18-30(29)41-5)9-15-32(38)42-19-28(37)27-17-22(3)36(23(27)4)25-10-12-26(13-11-25)43-33(34)35/h6-18,33H,19H2,1-5H3/b15-9-. The zero-order valence-electron chi connectivity index (χ0n) is 25.2. The Hall–Kier alpha value is -4.97. The summed E-state index contributed by atoms with van der Waals surface area (Å²) in [4.78, 5) is 25.3. The number of ketones is 1. The Kier molecular flexibility index (Phi) is 10.1. The van der Waals surface area contributed by atoms with Crippen LogP contribution in [0.25, 0.3) is 11.8 Å². The summed E-state index contributed by atoms with van der Waals surface area (Å²) in [5, 5.41) is 0. The molecule has 0 unspecified atom stereocenters. The Bertz CT molecular complexity index is 1860. The molecule has 0 bridgehead atoms. The fourth-order valence-corrected chi connectivity index (χ4v) is 5.90. The number of carbonyl (C=O) groups excluding carboxylic acids is 2. The van der Waals surface area contributed by atoms with Crippen LogP contribution in [0, 0.1) is 27.7 Å². The van der Waals surface area contributed by atoms with Crippen molar-refractivity contribution in [1.82, 2.24) is 4.57 Å². The highest BCUT2D eigenvalue weighted by Crippen LogP contribution is 2.32. The number of benzene rings is 3. The van der Waals surface area contributed by atoms with Crippen molar-refractivity contribution in [2.24, 2.45) is 0 Å². The van der Waals surface area contributed by atoms with Gasteiger partial charge in [0.25, 0.3) is 0 Å². The van der Waals surface area contributed by atoms with Gasteiger partial charge >= 0.3 is 22.7 Å². The predicted octanol–water partition coefficient (Wildman–Crippen LogP) is 6.53. The lowest BCUT2D eigenvalue weighted by atomic mass is 10.1. The lowest BCUT2D eigenvalue weighted by molar-refractivity contribution is -0.136. The number of ether oxygens (including phenoxy) is 3. The maximum Gasteiger partial charge on any atom is 0.387 e. The van der Waals surface area contributed by atoms with Crippen LogP contribution in [0.4, 0.5) is 8.78 Å². The molecule has 0 spiro atoms. The van der Waals surface area contributed by atoms with Crippen molar-refractivity contribution in [3.05, 3.63) is 106 Å². The van der Waals surface area contributed by atoms with Gasteiger partial charge in [-0.05, 0) is 99.0 Å². The number of carbonyl (C=O) groups is 2. The van der Waals surface area contributed by atoms with Crippen LogP contribution >= 0.6 is 0 Å². The summed E-state index contributed by atoms with van der Waals surface area (Å²) in [6.07, 6.45) is 2.55. The lowest BCUT2D eigenvalue weighted by Crippen LogP contribution is -2.13. The molecule has 1 aromatic heterocycles. The van der Waals surface area contributed by atoms with Crippen molar-refractivity contribution in [1.29, 1.82) is 0 Å². The van der Waals surface area contributed by atoms with Crippen LogP contribution in [0.15, 0.2) is 77.7 Å². The first-order valence-electron chi connectivity index (χ1n) is 13.6. The monoisotopic (exact) mass is 639 g/mol. The summed E-state index contributed by atoms with van der Waals surface area (Å²) < 4.78 is 72.7. The maximum atomic E-state index is 12.9. The van der Waals surface area contributed by atoms with E-state index in [-0.39, 0.29) is 22.1 Å². The molecule has 0 saturated heterocycles. The molecule has 0 saturated carbocycles. The Balaban J connectivity index is 1.40. The summed E-state index contributed by atoms with van der Waals surface area (Å²) in [6, 6.07) is 17.1. The molecule has 236 valence electrons. The molecule has 0 atom stereocenters. The number of alkyl halides is 2. The van der Waals surface area contributed by atoms with Crippen molar-refractivity contribution in [3.8, 4) is 22.9 Å². The van der Waals surface area contributed by atoms with E-state index in [1.165, 1.54) is 49.6 Å². The normalized spacial score (nSPS) is 11.6. The highest BCUT2D eigenvalue weighted by Gasteiger charge is 2.22. The summed E-state index contributed by atoms with van der Waals surface area (Å²) in [6.45, 7) is 3.51. The third-order valence-corrected chi connectivity index (χ3v) is 8.19. The molecule has 0 radical (unpaired) electrons. The minimum atomic E-state index is -4.14. The predicted molar refractivity (Wildman–Crippen MR) is 163 cm³/mol. The average molecular weight is 640 g/mol. The van der Waals surface area contributed by atoms with Gasteiger partial charge in [-0.3, -0.25) is 4.79 Å². The van der Waals surface area contributed by atoms with E-state index in [1.54, 1.807) is 62.6 Å². The number of methoxy groups -OCH3 is 1. The van der Waals surface area contributed by atoms with E-state index in [1.807, 2.05) is 0 Å². The molecule has 9 nitrogen and oxygen atoms in total. The summed E-state index contributed by atoms with van der Waals surface area (Å²) >= 11 is 0. The van der Waals surface area contributed by atoms with Crippen LogP contribution < -0.4 is 13.7 Å². The minimum Gasteiger partial charge on any atom is -0.493 e. The number of nitrogens with zero attached hydrogens (tertiary/aromatic N) is 1. The van der Waals surface area contributed by atoms with Gasteiger partial charge in [-0.25, -0.2) is 4.79 Å². The second-order valence-electron chi connectivity index (χ2n) is 10.1. The maximum absolute atomic E-state index is 12.9. The van der Waals surface area contributed by atoms with E-state index in [0.717, 1.165) is 11.6 Å². The molecule has 3 aromatic carbocycles. The van der Waals surface area contributed by atoms with Crippen LogP contribution in [0.1, 0.15) is 38.4 Å². The fourth-order valence-electron chi connectivity index (χ4n) is 4.64. The van der Waals surface area contributed by atoms with Crippen LogP contribution in [0.5, 0.6) is 17.2 Å². The van der Waals surface area contributed by atoms with Crippen molar-refractivity contribution >= 4 is 27.9 Å². The van der Waals surface area contributed by atoms with Crippen molar-refractivity contribution in [2.45, 2.75) is 39.2 Å². The Morgan fingerprint density at radius 1 is 0.911 bits per heavy atom. The molecule has 0 N–H and O–H groups in total. The largest absolute Gasteiger partial charge is 0.493 e. The highest BCUT2D eigenvalue weighted by atomic mass is 32.2. The van der Waals surface area contributed by atoms with Gasteiger partial charge in [0.05, 0.1) is 7.11 Å². The van der Waals surface area contributed by atoms with Crippen LogP contribution in [-0.2, 0) is 19.6 Å². The molecule has 0 aliphatic rings. The van der Waals surface area contributed by atoms with Gasteiger partial charge in [0.1, 0.15) is 10.6 Å². The topological polar surface area (TPSA) is 110 Å². The molecule has 0 fully saturated rings. The first-order valence-corrected chi connectivity index (χ1v) is 15.0. The van der Waals surface area contributed by atoms with Gasteiger partial charge in [0.15, 0.2) is 18.1 Å². The third-order valence-electron chi connectivity index (χ3n) is 6.81. The van der Waals surface area contributed by atoms with Gasteiger partial charge in [0.2, 0.25) is 5.78 Å². The molecule has 0 amide bonds. The Morgan fingerprint density at radius 2 is 1.62 bits per heavy atom. The van der Waals surface area contributed by atoms with Crippen molar-refractivity contribution in [3.63, 3.8) is 0 Å². The van der Waals surface area contributed by atoms with E-state index in [9.17, 15) is 26.8 Å². The second kappa shape index (κ2) is 13.8. The zero-order chi connectivity index (χ0) is 32.9. The van der Waals surface area contributed by atoms with E-state index >= 15 is 0 Å². The van der Waals surface area contributed by atoms with Gasteiger partial charge in [-0.1, -0.05) is 18.2 Å². The number of hydrogen-bond acceptors (Lipinski definition) is 8. The number of hydrogen-bond donors (Lipinski definition) is 0. The number of rotatable bonds is 12. The molecular formula is C33H31F2NO8S. The lowest BCUT2D eigenvalue weighted by Gasteiger charge is -2.13. The number of aromatic nitrogens is 1. The smallest absolute Gasteiger partial charge is 0.387 e. The molecule has 4 aromatic rings. The van der Waals surface area contributed by atoms with Crippen LogP contribution in [-0.4, -0.2) is 45.1 Å². The van der Waals surface area contributed by atoms with Gasteiger partial charge in [-0.15, -0.1) is 0 Å². The van der Waals surface area contributed by atoms with Gasteiger partial charge in [0, 0.05) is 28.7 Å². The molecule has 12 heteroatoms. The summed E-state index contributed by atoms with van der Waals surface area (Å²) in [5.41, 5.74) is 4.07. The molecule has 0 aliphatic heterocycles. The van der Waals surface area contributed by atoms with E-state index < -0.39 is 35.1 Å². The Labute approximate surface area is 259 Å². The average Bonchev–Trinajstić information content (AvgIpc) is 3.29. The highest BCUT2D eigenvalue weighted by molar-refractivity contribution is 7.87. The Morgan fingerprint density at radius 3 is 2.29 bits per heavy atom. The van der Waals surface area contributed by atoms with Crippen LogP contribution in [0.3, 0.4) is 0 Å². The third kappa shape index (κ3) is 7.95. The first-order chi connectivity index (χ1) is 21.3. The molecule has 1 heterocycles. The first kappa shape index (κ1) is 32.9. The zero-order valence-corrected chi connectivity index (χ0v) is 26.0. The molecule has 45 heavy (non-hydrogen) atoms. The quantitative estimate of drug-likeness (QED) is 0.0745. The summed E-state index contributed by atoms with van der Waals surface area (Å²) in [7, 11) is -2.78. The SMILES string of the molecule is COc1cc(/C=C\C(=O)OCC(=O)c2cc(C)n(-c3ccc(OC(F)F)cc3)c2C)ccc1OS(=O)(=O)c1cc(C)ccc1C. The van der Waals surface area contributed by atoms with Crippen LogP contribution in [0.2, 0.25) is 0 Å².